The Morgan fingerprint density at radius 3 is 2.78 bits per heavy atom. The van der Waals surface area contributed by atoms with E-state index < -0.39 is 6.10 Å². The van der Waals surface area contributed by atoms with Crippen molar-refractivity contribution < 1.29 is 15.0 Å². The lowest BCUT2D eigenvalue weighted by molar-refractivity contribution is -0.114. The van der Waals surface area contributed by atoms with Gasteiger partial charge < -0.3 is 20.8 Å². The van der Waals surface area contributed by atoms with Gasteiger partial charge in [0.1, 0.15) is 0 Å². The van der Waals surface area contributed by atoms with Crippen molar-refractivity contribution in [2.45, 2.75) is 26.0 Å². The number of aliphatic hydroxyl groups excluding tert-OH is 2. The van der Waals surface area contributed by atoms with Crippen molar-refractivity contribution in [2.75, 3.05) is 18.5 Å². The quantitative estimate of drug-likeness (QED) is 0.599. The highest BCUT2D eigenvalue weighted by atomic mass is 16.3. The van der Waals surface area contributed by atoms with Crippen molar-refractivity contribution >= 4 is 11.6 Å². The van der Waals surface area contributed by atoms with E-state index in [4.69, 9.17) is 5.11 Å². The minimum atomic E-state index is -0.758. The first-order valence-corrected chi connectivity index (χ1v) is 5.92. The molecule has 1 rings (SSSR count). The number of aliphatic hydroxyl groups is 2. The van der Waals surface area contributed by atoms with E-state index in [0.717, 1.165) is 11.3 Å². The van der Waals surface area contributed by atoms with Gasteiger partial charge in [-0.05, 0) is 24.6 Å². The molecule has 0 aliphatic heterocycles. The highest BCUT2D eigenvalue weighted by Gasteiger charge is 2.08. The maximum absolute atomic E-state index is 11.0. The zero-order valence-electron chi connectivity index (χ0n) is 10.7. The van der Waals surface area contributed by atoms with Crippen LogP contribution in [0, 0.1) is 0 Å². The number of nitrogens with one attached hydrogen (secondary N) is 2. The molecular weight excluding hydrogens is 232 g/mol. The molecule has 0 spiro atoms. The number of carbonyl (C=O) groups excluding carboxylic acids is 1. The third-order valence-corrected chi connectivity index (χ3v) is 2.58. The van der Waals surface area contributed by atoms with Gasteiger partial charge in [0.2, 0.25) is 5.91 Å². The minimum Gasteiger partial charge on any atom is -0.394 e. The van der Waals surface area contributed by atoms with Gasteiger partial charge in [-0.25, -0.2) is 0 Å². The highest BCUT2D eigenvalue weighted by molar-refractivity contribution is 5.88. The summed E-state index contributed by atoms with van der Waals surface area (Å²) >= 11 is 0. The molecule has 2 atom stereocenters. The summed E-state index contributed by atoms with van der Waals surface area (Å²) in [4.78, 5) is 11.0. The number of hydrogen-bond acceptors (Lipinski definition) is 4. The van der Waals surface area contributed by atoms with Crippen molar-refractivity contribution in [1.29, 1.82) is 0 Å². The number of hydrogen-bond donors (Lipinski definition) is 4. The highest BCUT2D eigenvalue weighted by Crippen LogP contribution is 2.17. The molecule has 4 N–H and O–H groups in total. The van der Waals surface area contributed by atoms with Crippen molar-refractivity contribution in [3.63, 3.8) is 0 Å². The Hall–Kier alpha value is -1.43. The lowest BCUT2D eigenvalue weighted by Gasteiger charge is -2.17. The molecule has 1 unspecified atom stereocenters. The van der Waals surface area contributed by atoms with Crippen molar-refractivity contribution in [3.8, 4) is 0 Å². The average molecular weight is 252 g/mol. The van der Waals surface area contributed by atoms with Crippen LogP contribution in [0.15, 0.2) is 24.3 Å². The molecule has 5 heteroatoms. The van der Waals surface area contributed by atoms with Crippen LogP contribution < -0.4 is 10.6 Å². The lowest BCUT2D eigenvalue weighted by Crippen LogP contribution is -2.31. The van der Waals surface area contributed by atoms with E-state index >= 15 is 0 Å². The molecule has 0 aromatic heterocycles. The standard InChI is InChI=1S/C13H20N2O3/c1-9(14-7-13(18)8-16)11-4-3-5-12(6-11)15-10(2)17/h3-6,9,13-14,16,18H,7-8H2,1-2H3,(H,15,17)/t9?,13-/m0/s1. The Morgan fingerprint density at radius 2 is 2.17 bits per heavy atom. The van der Waals surface area contributed by atoms with Gasteiger partial charge in [0.15, 0.2) is 0 Å². The molecule has 100 valence electrons. The Kier molecular flexibility index (Phi) is 5.77. The number of carbonyl (C=O) groups is 1. The third-order valence-electron chi connectivity index (χ3n) is 2.58. The summed E-state index contributed by atoms with van der Waals surface area (Å²) in [6, 6.07) is 7.53. The Bertz CT molecular complexity index is 396. The van der Waals surface area contributed by atoms with E-state index in [2.05, 4.69) is 10.6 Å². The fraction of sp³-hybridized carbons (Fsp3) is 0.462. The smallest absolute Gasteiger partial charge is 0.221 e. The fourth-order valence-corrected chi connectivity index (χ4v) is 1.58. The van der Waals surface area contributed by atoms with Crippen LogP contribution in [-0.4, -0.2) is 35.4 Å². The summed E-state index contributed by atoms with van der Waals surface area (Å²) < 4.78 is 0. The van der Waals surface area contributed by atoms with Crippen LogP contribution in [0.2, 0.25) is 0 Å². The topological polar surface area (TPSA) is 81.6 Å². The Labute approximate surface area is 107 Å². The van der Waals surface area contributed by atoms with Gasteiger partial charge in [0.25, 0.3) is 0 Å². The second-order valence-electron chi connectivity index (χ2n) is 4.27. The predicted molar refractivity (Wildman–Crippen MR) is 70.3 cm³/mol. The molecule has 0 saturated carbocycles. The summed E-state index contributed by atoms with van der Waals surface area (Å²) in [6.45, 7) is 3.48. The number of anilines is 1. The second kappa shape index (κ2) is 7.10. The molecule has 1 amide bonds. The van der Waals surface area contributed by atoms with E-state index in [9.17, 15) is 9.90 Å². The van der Waals surface area contributed by atoms with Crippen LogP contribution in [0.3, 0.4) is 0 Å². The summed E-state index contributed by atoms with van der Waals surface area (Å²) in [5, 5.41) is 23.8. The zero-order chi connectivity index (χ0) is 13.5. The van der Waals surface area contributed by atoms with Gasteiger partial charge in [-0.1, -0.05) is 12.1 Å². The van der Waals surface area contributed by atoms with Gasteiger partial charge in [0, 0.05) is 25.2 Å². The molecule has 0 bridgehead atoms. The Balaban J connectivity index is 2.62. The van der Waals surface area contributed by atoms with Crippen molar-refractivity contribution in [1.82, 2.24) is 5.32 Å². The SMILES string of the molecule is CC(=O)Nc1cccc(C(C)NC[C@H](O)CO)c1. The first-order chi connectivity index (χ1) is 8.52. The third kappa shape index (κ3) is 4.83. The summed E-state index contributed by atoms with van der Waals surface area (Å²) in [5.41, 5.74) is 1.75. The first-order valence-electron chi connectivity index (χ1n) is 5.92. The zero-order valence-corrected chi connectivity index (χ0v) is 10.7. The second-order valence-corrected chi connectivity index (χ2v) is 4.27. The first kappa shape index (κ1) is 14.6. The molecule has 0 aliphatic rings. The molecule has 0 saturated heterocycles. The molecule has 1 aromatic rings. The van der Waals surface area contributed by atoms with E-state index in [1.54, 1.807) is 0 Å². The summed E-state index contributed by atoms with van der Waals surface area (Å²) in [7, 11) is 0. The predicted octanol–water partition coefficient (Wildman–Crippen LogP) is 0.649. The van der Waals surface area contributed by atoms with Crippen molar-refractivity contribution in [3.05, 3.63) is 29.8 Å². The van der Waals surface area contributed by atoms with Gasteiger partial charge >= 0.3 is 0 Å². The molecule has 5 nitrogen and oxygen atoms in total. The van der Waals surface area contributed by atoms with Crippen LogP contribution in [0.1, 0.15) is 25.5 Å². The number of rotatable bonds is 6. The molecule has 0 fully saturated rings. The molecule has 18 heavy (non-hydrogen) atoms. The summed E-state index contributed by atoms with van der Waals surface area (Å²) in [6.07, 6.45) is -0.758. The van der Waals surface area contributed by atoms with Gasteiger partial charge in [-0.3, -0.25) is 4.79 Å². The van der Waals surface area contributed by atoms with Crippen LogP contribution in [0.25, 0.3) is 0 Å². The van der Waals surface area contributed by atoms with Crippen LogP contribution >= 0.6 is 0 Å². The monoisotopic (exact) mass is 252 g/mol. The molecule has 1 aromatic carbocycles. The lowest BCUT2D eigenvalue weighted by atomic mass is 10.1. The van der Waals surface area contributed by atoms with Crippen LogP contribution in [0.4, 0.5) is 5.69 Å². The Morgan fingerprint density at radius 1 is 1.44 bits per heavy atom. The molecular formula is C13H20N2O3. The molecule has 0 aliphatic carbocycles. The van der Waals surface area contributed by atoms with E-state index in [0.29, 0.717) is 6.54 Å². The largest absolute Gasteiger partial charge is 0.394 e. The van der Waals surface area contributed by atoms with E-state index in [1.807, 2.05) is 31.2 Å². The van der Waals surface area contributed by atoms with Crippen molar-refractivity contribution in [2.24, 2.45) is 0 Å². The average Bonchev–Trinajstić information content (AvgIpc) is 2.35. The minimum absolute atomic E-state index is 0.0277. The van der Waals surface area contributed by atoms with Crippen LogP contribution in [-0.2, 0) is 4.79 Å². The van der Waals surface area contributed by atoms with E-state index in [-0.39, 0.29) is 18.6 Å². The van der Waals surface area contributed by atoms with Gasteiger partial charge in [-0.2, -0.15) is 0 Å². The summed E-state index contributed by atoms with van der Waals surface area (Å²) in [5.74, 6) is -0.108. The van der Waals surface area contributed by atoms with Gasteiger partial charge in [0.05, 0.1) is 12.7 Å². The maximum atomic E-state index is 11.0. The normalized spacial score (nSPS) is 14.0. The maximum Gasteiger partial charge on any atom is 0.221 e. The van der Waals surface area contributed by atoms with Crippen LogP contribution in [0.5, 0.6) is 0 Å². The molecule has 0 radical (unpaired) electrons. The fourth-order valence-electron chi connectivity index (χ4n) is 1.58. The van der Waals surface area contributed by atoms with Gasteiger partial charge in [-0.15, -0.1) is 0 Å². The number of amides is 1. The number of benzene rings is 1. The molecule has 0 heterocycles. The van der Waals surface area contributed by atoms with E-state index in [1.165, 1.54) is 6.92 Å².